The van der Waals surface area contributed by atoms with E-state index >= 15 is 0 Å². The number of nitrogens with zero attached hydrogens (tertiary/aromatic N) is 3. The van der Waals surface area contributed by atoms with Crippen LogP contribution in [0.3, 0.4) is 0 Å². The first kappa shape index (κ1) is 16.9. The van der Waals surface area contributed by atoms with Crippen molar-refractivity contribution in [2.45, 2.75) is 6.92 Å². The monoisotopic (exact) mass is 365 g/mol. The Balaban J connectivity index is 1.48. The molecule has 0 spiro atoms. The number of aromatic nitrogens is 1. The molecule has 2 aromatic carbocycles. The molecule has 1 aliphatic heterocycles. The highest BCUT2D eigenvalue weighted by atomic mass is 35.5. The molecular formula is C21H20ClN3O. The van der Waals surface area contributed by atoms with Crippen molar-refractivity contribution in [3.63, 3.8) is 0 Å². The third-order valence-electron chi connectivity index (χ3n) is 4.90. The lowest BCUT2D eigenvalue weighted by molar-refractivity contribution is 0.0741. The van der Waals surface area contributed by atoms with Crippen LogP contribution in [-0.2, 0) is 0 Å². The summed E-state index contributed by atoms with van der Waals surface area (Å²) in [7, 11) is 0. The Morgan fingerprint density at radius 2 is 1.77 bits per heavy atom. The molecule has 0 radical (unpaired) electrons. The number of pyridine rings is 1. The maximum absolute atomic E-state index is 12.8. The molecule has 0 N–H and O–H groups in total. The lowest BCUT2D eigenvalue weighted by Gasteiger charge is -2.36. The minimum atomic E-state index is -0.00165. The minimum absolute atomic E-state index is 0.00165. The van der Waals surface area contributed by atoms with Crippen LogP contribution in [0.15, 0.2) is 54.6 Å². The standard InChI is InChI=1S/C21H20ClN3O/c1-15-6-8-17(22)14-20(15)24-10-12-25(13-11-24)21(26)19-9-7-16-4-2-3-5-18(16)23-19/h2-9,14H,10-13H2,1H3. The predicted octanol–water partition coefficient (Wildman–Crippen LogP) is 4.16. The van der Waals surface area contributed by atoms with E-state index in [4.69, 9.17) is 11.6 Å². The van der Waals surface area contributed by atoms with Crippen LogP contribution in [0.2, 0.25) is 5.02 Å². The summed E-state index contributed by atoms with van der Waals surface area (Å²) < 4.78 is 0. The summed E-state index contributed by atoms with van der Waals surface area (Å²) in [4.78, 5) is 21.5. The maximum atomic E-state index is 12.8. The number of benzene rings is 2. The van der Waals surface area contributed by atoms with Crippen molar-refractivity contribution >= 4 is 34.1 Å². The molecule has 5 heteroatoms. The first-order valence-corrected chi connectivity index (χ1v) is 9.16. The van der Waals surface area contributed by atoms with Crippen LogP contribution >= 0.6 is 11.6 Å². The Bertz CT molecular complexity index is 964. The fourth-order valence-corrected chi connectivity index (χ4v) is 3.59. The summed E-state index contributed by atoms with van der Waals surface area (Å²) in [6, 6.07) is 17.6. The van der Waals surface area contributed by atoms with Gasteiger partial charge in [-0.25, -0.2) is 4.98 Å². The van der Waals surface area contributed by atoms with E-state index in [0.29, 0.717) is 18.8 Å². The van der Waals surface area contributed by atoms with E-state index in [0.717, 1.165) is 34.7 Å². The lowest BCUT2D eigenvalue weighted by atomic mass is 10.1. The molecule has 4 rings (SSSR count). The second-order valence-corrected chi connectivity index (χ2v) is 7.04. The van der Waals surface area contributed by atoms with Crippen LogP contribution in [0.4, 0.5) is 5.69 Å². The van der Waals surface area contributed by atoms with E-state index in [1.165, 1.54) is 5.56 Å². The molecule has 3 aromatic rings. The van der Waals surface area contributed by atoms with Gasteiger partial charge in [-0.05, 0) is 36.8 Å². The molecule has 0 saturated carbocycles. The molecule has 132 valence electrons. The number of fused-ring (bicyclic) bond motifs is 1. The third-order valence-corrected chi connectivity index (χ3v) is 5.13. The Hall–Kier alpha value is -2.59. The first-order valence-electron chi connectivity index (χ1n) is 8.78. The number of hydrogen-bond donors (Lipinski definition) is 0. The van der Waals surface area contributed by atoms with Crippen LogP contribution in [-0.4, -0.2) is 42.0 Å². The summed E-state index contributed by atoms with van der Waals surface area (Å²) in [6.07, 6.45) is 0. The molecule has 0 aliphatic carbocycles. The summed E-state index contributed by atoms with van der Waals surface area (Å²) in [5, 5.41) is 1.79. The molecular weight excluding hydrogens is 346 g/mol. The molecule has 1 aliphatic rings. The van der Waals surface area contributed by atoms with Crippen molar-refractivity contribution in [1.82, 2.24) is 9.88 Å². The SMILES string of the molecule is Cc1ccc(Cl)cc1N1CCN(C(=O)c2ccc3ccccc3n2)CC1. The molecule has 2 heterocycles. The second kappa shape index (κ2) is 6.96. The predicted molar refractivity (Wildman–Crippen MR) is 106 cm³/mol. The molecule has 1 aromatic heterocycles. The van der Waals surface area contributed by atoms with Crippen LogP contribution in [0.25, 0.3) is 10.9 Å². The van der Waals surface area contributed by atoms with Gasteiger partial charge in [0.25, 0.3) is 5.91 Å². The minimum Gasteiger partial charge on any atom is -0.368 e. The zero-order chi connectivity index (χ0) is 18.1. The molecule has 26 heavy (non-hydrogen) atoms. The van der Waals surface area contributed by atoms with Gasteiger partial charge in [0.1, 0.15) is 5.69 Å². The smallest absolute Gasteiger partial charge is 0.272 e. The molecule has 4 nitrogen and oxygen atoms in total. The Morgan fingerprint density at radius 1 is 1.00 bits per heavy atom. The van der Waals surface area contributed by atoms with E-state index in [1.54, 1.807) is 0 Å². The van der Waals surface area contributed by atoms with Crippen molar-refractivity contribution in [3.8, 4) is 0 Å². The lowest BCUT2D eigenvalue weighted by Crippen LogP contribution is -2.49. The number of anilines is 1. The van der Waals surface area contributed by atoms with E-state index in [2.05, 4.69) is 16.8 Å². The largest absolute Gasteiger partial charge is 0.368 e. The number of aryl methyl sites for hydroxylation is 1. The first-order chi connectivity index (χ1) is 12.6. The van der Waals surface area contributed by atoms with Crippen molar-refractivity contribution < 1.29 is 4.79 Å². The number of halogens is 1. The zero-order valence-corrected chi connectivity index (χ0v) is 15.4. The van der Waals surface area contributed by atoms with Gasteiger partial charge in [-0.2, -0.15) is 0 Å². The number of carbonyl (C=O) groups excluding carboxylic acids is 1. The summed E-state index contributed by atoms with van der Waals surface area (Å²) in [5.74, 6) is -0.00165. The van der Waals surface area contributed by atoms with Crippen molar-refractivity contribution in [2.24, 2.45) is 0 Å². The van der Waals surface area contributed by atoms with Crippen LogP contribution in [0.5, 0.6) is 0 Å². The Labute approximate surface area is 158 Å². The quantitative estimate of drug-likeness (QED) is 0.684. The Kier molecular flexibility index (Phi) is 4.51. The topological polar surface area (TPSA) is 36.4 Å². The van der Waals surface area contributed by atoms with E-state index in [1.807, 2.05) is 59.5 Å². The number of amides is 1. The number of para-hydroxylation sites is 1. The normalized spacial score (nSPS) is 14.7. The molecule has 0 unspecified atom stereocenters. The molecule has 0 bridgehead atoms. The van der Waals surface area contributed by atoms with Gasteiger partial charge >= 0.3 is 0 Å². The fourth-order valence-electron chi connectivity index (χ4n) is 3.42. The van der Waals surface area contributed by atoms with Crippen LogP contribution in [0, 0.1) is 6.92 Å². The van der Waals surface area contributed by atoms with Crippen LogP contribution in [0.1, 0.15) is 16.1 Å². The van der Waals surface area contributed by atoms with Gasteiger partial charge in [0.2, 0.25) is 0 Å². The van der Waals surface area contributed by atoms with E-state index < -0.39 is 0 Å². The maximum Gasteiger partial charge on any atom is 0.272 e. The van der Waals surface area contributed by atoms with Crippen LogP contribution < -0.4 is 4.90 Å². The second-order valence-electron chi connectivity index (χ2n) is 6.60. The zero-order valence-electron chi connectivity index (χ0n) is 14.7. The van der Waals surface area contributed by atoms with E-state index in [9.17, 15) is 4.79 Å². The fraction of sp³-hybridized carbons (Fsp3) is 0.238. The number of hydrogen-bond acceptors (Lipinski definition) is 3. The average molecular weight is 366 g/mol. The van der Waals surface area contributed by atoms with E-state index in [-0.39, 0.29) is 5.91 Å². The summed E-state index contributed by atoms with van der Waals surface area (Å²) in [5.41, 5.74) is 3.71. The highest BCUT2D eigenvalue weighted by Crippen LogP contribution is 2.25. The number of carbonyl (C=O) groups is 1. The van der Waals surface area contributed by atoms with Crippen molar-refractivity contribution in [1.29, 1.82) is 0 Å². The summed E-state index contributed by atoms with van der Waals surface area (Å²) >= 11 is 6.14. The molecule has 1 fully saturated rings. The van der Waals surface area contributed by atoms with Gasteiger partial charge in [0.15, 0.2) is 0 Å². The summed E-state index contributed by atoms with van der Waals surface area (Å²) in [6.45, 7) is 5.03. The van der Waals surface area contributed by atoms with Gasteiger partial charge in [-0.1, -0.05) is 41.9 Å². The Morgan fingerprint density at radius 3 is 2.58 bits per heavy atom. The highest BCUT2D eigenvalue weighted by Gasteiger charge is 2.24. The highest BCUT2D eigenvalue weighted by molar-refractivity contribution is 6.30. The molecule has 1 saturated heterocycles. The van der Waals surface area contributed by atoms with Crippen molar-refractivity contribution in [3.05, 3.63) is 70.9 Å². The number of rotatable bonds is 2. The molecule has 0 atom stereocenters. The van der Waals surface area contributed by atoms with Gasteiger partial charge < -0.3 is 9.80 Å². The van der Waals surface area contributed by atoms with Gasteiger partial charge in [0.05, 0.1) is 5.52 Å². The average Bonchev–Trinajstić information content (AvgIpc) is 2.69. The van der Waals surface area contributed by atoms with Gasteiger partial charge in [-0.15, -0.1) is 0 Å². The third kappa shape index (κ3) is 3.25. The van der Waals surface area contributed by atoms with Crippen molar-refractivity contribution in [2.75, 3.05) is 31.1 Å². The van der Waals surface area contributed by atoms with Gasteiger partial charge in [-0.3, -0.25) is 4.79 Å². The van der Waals surface area contributed by atoms with Gasteiger partial charge in [0, 0.05) is 42.3 Å². The number of piperazine rings is 1. The molecule has 1 amide bonds.